The first-order chi connectivity index (χ1) is 7.84. The summed E-state index contributed by atoms with van der Waals surface area (Å²) < 4.78 is 10.1. The SMILES string of the molecule is O=C(NC1CCNCC1)OCc1ccco1. The third-order valence-corrected chi connectivity index (χ3v) is 2.59. The highest BCUT2D eigenvalue weighted by molar-refractivity contribution is 5.67. The molecule has 1 fully saturated rings. The minimum Gasteiger partial charge on any atom is -0.466 e. The highest BCUT2D eigenvalue weighted by Gasteiger charge is 2.15. The van der Waals surface area contributed by atoms with E-state index in [-0.39, 0.29) is 18.7 Å². The average molecular weight is 224 g/mol. The van der Waals surface area contributed by atoms with Gasteiger partial charge in [0.05, 0.1) is 6.26 Å². The Morgan fingerprint density at radius 3 is 3.06 bits per heavy atom. The summed E-state index contributed by atoms with van der Waals surface area (Å²) in [5.41, 5.74) is 0. The van der Waals surface area contributed by atoms with Gasteiger partial charge in [0.2, 0.25) is 0 Å². The second-order valence-corrected chi connectivity index (χ2v) is 3.82. The van der Waals surface area contributed by atoms with E-state index >= 15 is 0 Å². The Morgan fingerprint density at radius 1 is 1.56 bits per heavy atom. The summed E-state index contributed by atoms with van der Waals surface area (Å²) >= 11 is 0. The summed E-state index contributed by atoms with van der Waals surface area (Å²) in [6.07, 6.45) is 3.10. The normalized spacial score (nSPS) is 17.0. The van der Waals surface area contributed by atoms with E-state index in [1.165, 1.54) is 0 Å². The minimum absolute atomic E-state index is 0.184. The van der Waals surface area contributed by atoms with E-state index in [9.17, 15) is 4.79 Å². The maximum absolute atomic E-state index is 11.4. The molecule has 0 atom stereocenters. The van der Waals surface area contributed by atoms with Crippen LogP contribution in [0.5, 0.6) is 0 Å². The summed E-state index contributed by atoms with van der Waals surface area (Å²) in [6.45, 7) is 2.08. The predicted molar refractivity (Wildman–Crippen MR) is 57.9 cm³/mol. The number of nitrogens with one attached hydrogen (secondary N) is 2. The lowest BCUT2D eigenvalue weighted by atomic mass is 10.1. The number of rotatable bonds is 3. The molecule has 0 unspecified atom stereocenters. The molecule has 2 rings (SSSR count). The Hall–Kier alpha value is -1.49. The predicted octanol–water partition coefficient (Wildman–Crippen LogP) is 1.26. The second kappa shape index (κ2) is 5.55. The molecule has 5 nitrogen and oxygen atoms in total. The van der Waals surface area contributed by atoms with Gasteiger partial charge in [-0.25, -0.2) is 4.79 Å². The molecule has 2 heterocycles. The third kappa shape index (κ3) is 3.27. The Balaban J connectivity index is 1.67. The van der Waals surface area contributed by atoms with Crippen LogP contribution in [0.2, 0.25) is 0 Å². The molecule has 0 saturated carbocycles. The van der Waals surface area contributed by atoms with Crippen LogP contribution in [0.15, 0.2) is 22.8 Å². The second-order valence-electron chi connectivity index (χ2n) is 3.82. The van der Waals surface area contributed by atoms with Crippen LogP contribution < -0.4 is 10.6 Å². The van der Waals surface area contributed by atoms with Gasteiger partial charge in [-0.05, 0) is 38.1 Å². The number of hydrogen-bond acceptors (Lipinski definition) is 4. The van der Waals surface area contributed by atoms with E-state index < -0.39 is 0 Å². The van der Waals surface area contributed by atoms with Gasteiger partial charge in [0.25, 0.3) is 0 Å². The molecule has 16 heavy (non-hydrogen) atoms. The lowest BCUT2D eigenvalue weighted by Gasteiger charge is -2.23. The van der Waals surface area contributed by atoms with Crippen molar-refractivity contribution in [1.82, 2.24) is 10.6 Å². The minimum atomic E-state index is -0.372. The highest BCUT2D eigenvalue weighted by Crippen LogP contribution is 2.04. The van der Waals surface area contributed by atoms with E-state index in [0.29, 0.717) is 5.76 Å². The lowest BCUT2D eigenvalue weighted by molar-refractivity contribution is 0.125. The van der Waals surface area contributed by atoms with Gasteiger partial charge in [0, 0.05) is 6.04 Å². The summed E-state index contributed by atoms with van der Waals surface area (Å²) in [5.74, 6) is 0.653. The van der Waals surface area contributed by atoms with E-state index in [0.717, 1.165) is 25.9 Å². The van der Waals surface area contributed by atoms with Crippen LogP contribution >= 0.6 is 0 Å². The number of amides is 1. The summed E-state index contributed by atoms with van der Waals surface area (Å²) in [7, 11) is 0. The van der Waals surface area contributed by atoms with Gasteiger partial charge in [-0.2, -0.15) is 0 Å². The van der Waals surface area contributed by atoms with Gasteiger partial charge in [-0.3, -0.25) is 0 Å². The molecular weight excluding hydrogens is 208 g/mol. The van der Waals surface area contributed by atoms with Crippen molar-refractivity contribution in [2.75, 3.05) is 13.1 Å². The molecule has 1 saturated heterocycles. The van der Waals surface area contributed by atoms with Gasteiger partial charge >= 0.3 is 6.09 Å². The molecule has 1 aromatic heterocycles. The van der Waals surface area contributed by atoms with Gasteiger partial charge in [0.15, 0.2) is 6.61 Å². The zero-order valence-corrected chi connectivity index (χ0v) is 9.07. The van der Waals surface area contributed by atoms with Crippen molar-refractivity contribution < 1.29 is 13.9 Å². The van der Waals surface area contributed by atoms with Crippen LogP contribution in [0, 0.1) is 0 Å². The number of carbonyl (C=O) groups excluding carboxylic acids is 1. The molecule has 5 heteroatoms. The van der Waals surface area contributed by atoms with Gasteiger partial charge < -0.3 is 19.8 Å². The number of carbonyl (C=O) groups is 1. The van der Waals surface area contributed by atoms with Crippen LogP contribution in [0.3, 0.4) is 0 Å². The van der Waals surface area contributed by atoms with Crippen molar-refractivity contribution in [1.29, 1.82) is 0 Å². The fraction of sp³-hybridized carbons (Fsp3) is 0.545. The van der Waals surface area contributed by atoms with Crippen LogP contribution in [-0.2, 0) is 11.3 Å². The van der Waals surface area contributed by atoms with Crippen LogP contribution in [0.1, 0.15) is 18.6 Å². The van der Waals surface area contributed by atoms with Crippen molar-refractivity contribution >= 4 is 6.09 Å². The van der Waals surface area contributed by atoms with Crippen molar-refractivity contribution in [3.05, 3.63) is 24.2 Å². The Bertz CT molecular complexity index is 318. The first-order valence-corrected chi connectivity index (χ1v) is 5.51. The number of alkyl carbamates (subject to hydrolysis) is 1. The largest absolute Gasteiger partial charge is 0.466 e. The fourth-order valence-electron chi connectivity index (χ4n) is 1.71. The van der Waals surface area contributed by atoms with Crippen molar-refractivity contribution in [2.24, 2.45) is 0 Å². The molecule has 0 radical (unpaired) electrons. The summed E-state index contributed by atoms with van der Waals surface area (Å²) in [4.78, 5) is 11.4. The molecule has 2 N–H and O–H groups in total. The number of piperidine rings is 1. The molecule has 1 aromatic rings. The Kier molecular flexibility index (Phi) is 3.82. The standard InChI is InChI=1S/C11H16N2O3/c14-11(13-9-3-5-12-6-4-9)16-8-10-2-1-7-15-10/h1-2,7,9,12H,3-6,8H2,(H,13,14). The maximum Gasteiger partial charge on any atom is 0.407 e. The summed E-state index contributed by atoms with van der Waals surface area (Å²) in [6, 6.07) is 3.77. The maximum atomic E-state index is 11.4. The van der Waals surface area contributed by atoms with Gasteiger partial charge in [-0.15, -0.1) is 0 Å². The van der Waals surface area contributed by atoms with E-state index in [1.54, 1.807) is 18.4 Å². The van der Waals surface area contributed by atoms with Crippen molar-refractivity contribution in [3.8, 4) is 0 Å². The molecule has 0 aliphatic carbocycles. The van der Waals surface area contributed by atoms with E-state index in [2.05, 4.69) is 10.6 Å². The van der Waals surface area contributed by atoms with Crippen LogP contribution in [0.25, 0.3) is 0 Å². The molecular formula is C11H16N2O3. The van der Waals surface area contributed by atoms with E-state index in [4.69, 9.17) is 9.15 Å². The molecule has 1 aliphatic rings. The quantitative estimate of drug-likeness (QED) is 0.811. The molecule has 1 amide bonds. The van der Waals surface area contributed by atoms with Gasteiger partial charge in [0.1, 0.15) is 5.76 Å². The number of furan rings is 1. The Morgan fingerprint density at radius 2 is 2.38 bits per heavy atom. The molecule has 0 spiro atoms. The van der Waals surface area contributed by atoms with Crippen molar-refractivity contribution in [3.63, 3.8) is 0 Å². The molecule has 0 bridgehead atoms. The smallest absolute Gasteiger partial charge is 0.407 e. The lowest BCUT2D eigenvalue weighted by Crippen LogP contribution is -2.42. The van der Waals surface area contributed by atoms with Gasteiger partial charge in [-0.1, -0.05) is 0 Å². The zero-order chi connectivity index (χ0) is 11.2. The Labute approximate surface area is 94.1 Å². The van der Waals surface area contributed by atoms with E-state index in [1.807, 2.05) is 0 Å². The molecule has 0 aromatic carbocycles. The van der Waals surface area contributed by atoms with Crippen molar-refractivity contribution in [2.45, 2.75) is 25.5 Å². The monoisotopic (exact) mass is 224 g/mol. The fourth-order valence-corrected chi connectivity index (χ4v) is 1.71. The third-order valence-electron chi connectivity index (χ3n) is 2.59. The topological polar surface area (TPSA) is 63.5 Å². The van der Waals surface area contributed by atoms with Crippen LogP contribution in [0.4, 0.5) is 4.79 Å². The van der Waals surface area contributed by atoms with Crippen LogP contribution in [-0.4, -0.2) is 25.2 Å². The summed E-state index contributed by atoms with van der Waals surface area (Å²) in [5, 5.41) is 6.07. The molecule has 1 aliphatic heterocycles. The molecule has 88 valence electrons. The first-order valence-electron chi connectivity index (χ1n) is 5.51. The zero-order valence-electron chi connectivity index (χ0n) is 9.07. The number of hydrogen-bond donors (Lipinski definition) is 2. The first kappa shape index (κ1) is 11.0. The average Bonchev–Trinajstić information content (AvgIpc) is 2.81. The highest BCUT2D eigenvalue weighted by atomic mass is 16.6. The number of ether oxygens (including phenoxy) is 1.